The van der Waals surface area contributed by atoms with Crippen LogP contribution >= 0.6 is 0 Å². The molecule has 0 unspecified atom stereocenters. The second-order valence-corrected chi connectivity index (χ2v) is 11.2. The Morgan fingerprint density at radius 2 is 1.78 bits per heavy atom. The predicted molar refractivity (Wildman–Crippen MR) is 140 cm³/mol. The summed E-state index contributed by atoms with van der Waals surface area (Å²) in [6.45, 7) is 7.21. The van der Waals surface area contributed by atoms with E-state index in [0.717, 1.165) is 24.8 Å². The quantitative estimate of drug-likeness (QED) is 0.457. The zero-order chi connectivity index (χ0) is 26.7. The van der Waals surface area contributed by atoms with Crippen molar-refractivity contribution in [2.75, 3.05) is 26.7 Å². The van der Waals surface area contributed by atoms with Crippen molar-refractivity contribution in [3.63, 3.8) is 0 Å². The van der Waals surface area contributed by atoms with Gasteiger partial charge < -0.3 is 15.2 Å². The maximum Gasteiger partial charge on any atom is 0.289 e. The fourth-order valence-electron chi connectivity index (χ4n) is 4.50. The zero-order valence-electron chi connectivity index (χ0n) is 21.6. The number of aromatic hydroxyl groups is 1. The Labute approximate surface area is 217 Å². The molecular formula is C26H33N5O5S. The summed E-state index contributed by atoms with van der Waals surface area (Å²) in [5.74, 6) is 0.371. The van der Waals surface area contributed by atoms with Gasteiger partial charge in [0.05, 0.1) is 17.6 Å². The van der Waals surface area contributed by atoms with Gasteiger partial charge in [-0.05, 0) is 61.6 Å². The van der Waals surface area contributed by atoms with Gasteiger partial charge in [0.1, 0.15) is 11.5 Å². The van der Waals surface area contributed by atoms with Gasteiger partial charge in [0.15, 0.2) is 5.82 Å². The molecule has 2 aromatic carbocycles. The first-order chi connectivity index (χ1) is 17.7. The lowest BCUT2D eigenvalue weighted by molar-refractivity contribution is 0.0943. The average molecular weight is 528 g/mol. The van der Waals surface area contributed by atoms with Gasteiger partial charge in [0.2, 0.25) is 15.8 Å². The highest BCUT2D eigenvalue weighted by Crippen LogP contribution is 2.38. The molecule has 2 N–H and O–H groups in total. The number of phenols is 1. The number of piperidine rings is 1. The molecule has 1 aromatic heterocycles. The van der Waals surface area contributed by atoms with E-state index in [0.29, 0.717) is 36.6 Å². The van der Waals surface area contributed by atoms with Crippen LogP contribution < -0.4 is 10.1 Å². The highest BCUT2D eigenvalue weighted by molar-refractivity contribution is 7.89. The maximum atomic E-state index is 13.1. The molecule has 1 amide bonds. The molecule has 0 atom stereocenters. The zero-order valence-corrected chi connectivity index (χ0v) is 22.4. The lowest BCUT2D eigenvalue weighted by Gasteiger charge is -2.26. The number of nitrogens with zero attached hydrogens (tertiary/aromatic N) is 4. The summed E-state index contributed by atoms with van der Waals surface area (Å²) in [4.78, 5) is 13.0. The number of hydrogen-bond acceptors (Lipinski definition) is 7. The minimum atomic E-state index is -3.61. The molecule has 1 aliphatic rings. The van der Waals surface area contributed by atoms with E-state index >= 15 is 0 Å². The molecule has 0 radical (unpaired) electrons. The van der Waals surface area contributed by atoms with Crippen LogP contribution in [0.2, 0.25) is 0 Å². The van der Waals surface area contributed by atoms with Gasteiger partial charge in [-0.3, -0.25) is 9.36 Å². The Balaban J connectivity index is 1.83. The van der Waals surface area contributed by atoms with Crippen LogP contribution in [0.25, 0.3) is 17.1 Å². The Kier molecular flexibility index (Phi) is 7.84. The second kappa shape index (κ2) is 10.9. The molecule has 4 rings (SSSR count). The SMILES string of the molecule is CCNC(=O)c1nnc(-c2cc(C(C)C)c(OC)cc2O)n1-c1ccc(S(=O)(=O)N2CCCCC2)cc1. The Morgan fingerprint density at radius 1 is 1.11 bits per heavy atom. The first-order valence-corrected chi connectivity index (χ1v) is 13.9. The number of hydrogen-bond donors (Lipinski definition) is 2. The smallest absolute Gasteiger partial charge is 0.289 e. The number of carbonyl (C=O) groups excluding carboxylic acids is 1. The molecule has 0 saturated carbocycles. The van der Waals surface area contributed by atoms with Crippen LogP contribution in [0.15, 0.2) is 41.3 Å². The molecule has 0 spiro atoms. The minimum absolute atomic E-state index is 0.0183. The topological polar surface area (TPSA) is 127 Å². The van der Waals surface area contributed by atoms with E-state index < -0.39 is 15.9 Å². The summed E-state index contributed by atoms with van der Waals surface area (Å²) in [5.41, 5.74) is 1.71. The molecule has 1 fully saturated rings. The van der Waals surface area contributed by atoms with Crippen molar-refractivity contribution in [1.29, 1.82) is 0 Å². The summed E-state index contributed by atoms with van der Waals surface area (Å²) in [6.07, 6.45) is 2.72. The van der Waals surface area contributed by atoms with Crippen molar-refractivity contribution >= 4 is 15.9 Å². The summed E-state index contributed by atoms with van der Waals surface area (Å²) >= 11 is 0. The van der Waals surface area contributed by atoms with E-state index in [4.69, 9.17) is 4.74 Å². The first kappa shape index (κ1) is 26.6. The van der Waals surface area contributed by atoms with Crippen LogP contribution in [-0.2, 0) is 10.0 Å². The van der Waals surface area contributed by atoms with Crippen molar-refractivity contribution in [2.24, 2.45) is 0 Å². The van der Waals surface area contributed by atoms with Gasteiger partial charge in [0.25, 0.3) is 5.91 Å². The first-order valence-electron chi connectivity index (χ1n) is 12.4. The molecule has 0 aliphatic carbocycles. The second-order valence-electron chi connectivity index (χ2n) is 9.27. The standard InChI is InChI=1S/C26H33N5O5S/c1-5-27-26(33)25-29-28-24(21-15-20(17(2)3)23(36-4)16-22(21)32)31(25)18-9-11-19(12-10-18)37(34,35)30-13-7-6-8-14-30/h9-12,15-17,32H,5-8,13-14H2,1-4H3,(H,27,33). The number of carbonyl (C=O) groups is 1. The maximum absolute atomic E-state index is 13.1. The highest BCUT2D eigenvalue weighted by atomic mass is 32.2. The van der Waals surface area contributed by atoms with E-state index in [9.17, 15) is 18.3 Å². The highest BCUT2D eigenvalue weighted by Gasteiger charge is 2.27. The molecule has 0 bridgehead atoms. The number of rotatable bonds is 8. The van der Waals surface area contributed by atoms with Gasteiger partial charge in [0, 0.05) is 31.4 Å². The lowest BCUT2D eigenvalue weighted by Crippen LogP contribution is -2.35. The third kappa shape index (κ3) is 5.19. The van der Waals surface area contributed by atoms with E-state index in [-0.39, 0.29) is 28.2 Å². The van der Waals surface area contributed by atoms with Crippen molar-refractivity contribution in [3.05, 3.63) is 47.8 Å². The minimum Gasteiger partial charge on any atom is -0.507 e. The van der Waals surface area contributed by atoms with Gasteiger partial charge >= 0.3 is 0 Å². The van der Waals surface area contributed by atoms with Crippen LogP contribution in [0.5, 0.6) is 11.5 Å². The summed E-state index contributed by atoms with van der Waals surface area (Å²) in [6, 6.07) is 9.59. The van der Waals surface area contributed by atoms with Gasteiger partial charge in [-0.15, -0.1) is 10.2 Å². The van der Waals surface area contributed by atoms with Gasteiger partial charge in [-0.2, -0.15) is 4.31 Å². The van der Waals surface area contributed by atoms with E-state index in [1.165, 1.54) is 34.2 Å². The number of methoxy groups -OCH3 is 1. The van der Waals surface area contributed by atoms with Crippen LogP contribution in [0.1, 0.15) is 62.1 Å². The van der Waals surface area contributed by atoms with Gasteiger partial charge in [-0.25, -0.2) is 8.42 Å². The molecule has 198 valence electrons. The van der Waals surface area contributed by atoms with E-state index in [1.54, 1.807) is 25.1 Å². The van der Waals surface area contributed by atoms with Crippen molar-refractivity contribution < 1.29 is 23.1 Å². The Hall–Kier alpha value is -3.44. The van der Waals surface area contributed by atoms with E-state index in [1.807, 2.05) is 13.8 Å². The molecule has 3 aromatic rings. The summed E-state index contributed by atoms with van der Waals surface area (Å²) in [5, 5.41) is 22.0. The fraction of sp³-hybridized carbons (Fsp3) is 0.423. The van der Waals surface area contributed by atoms with Crippen LogP contribution in [0.3, 0.4) is 0 Å². The lowest BCUT2D eigenvalue weighted by atomic mass is 9.98. The largest absolute Gasteiger partial charge is 0.507 e. The van der Waals surface area contributed by atoms with Crippen molar-refractivity contribution in [2.45, 2.75) is 50.8 Å². The predicted octanol–water partition coefficient (Wildman–Crippen LogP) is 3.70. The van der Waals surface area contributed by atoms with Crippen LogP contribution in [0, 0.1) is 0 Å². The fourth-order valence-corrected chi connectivity index (χ4v) is 6.02. The third-order valence-electron chi connectivity index (χ3n) is 6.46. The number of aromatic nitrogens is 3. The molecule has 37 heavy (non-hydrogen) atoms. The Morgan fingerprint density at radius 3 is 2.38 bits per heavy atom. The average Bonchev–Trinajstić information content (AvgIpc) is 3.34. The normalized spacial score (nSPS) is 14.6. The number of nitrogens with one attached hydrogen (secondary N) is 1. The molecular weight excluding hydrogens is 494 g/mol. The van der Waals surface area contributed by atoms with Gasteiger partial charge in [-0.1, -0.05) is 20.3 Å². The molecule has 10 nitrogen and oxygen atoms in total. The summed E-state index contributed by atoms with van der Waals surface area (Å²) < 4.78 is 34.7. The van der Waals surface area contributed by atoms with Crippen LogP contribution in [0.4, 0.5) is 0 Å². The third-order valence-corrected chi connectivity index (χ3v) is 8.38. The number of phenolic OH excluding ortho intramolecular Hbond substituents is 1. The molecule has 11 heteroatoms. The van der Waals surface area contributed by atoms with Crippen molar-refractivity contribution in [1.82, 2.24) is 24.4 Å². The number of ether oxygens (including phenoxy) is 1. The number of benzene rings is 2. The van der Waals surface area contributed by atoms with Crippen molar-refractivity contribution in [3.8, 4) is 28.6 Å². The number of amides is 1. The van der Waals surface area contributed by atoms with Crippen LogP contribution in [-0.4, -0.2) is 65.2 Å². The molecule has 1 saturated heterocycles. The summed E-state index contributed by atoms with van der Waals surface area (Å²) in [7, 11) is -2.08. The Bertz CT molecular complexity index is 1380. The molecule has 1 aliphatic heterocycles. The monoisotopic (exact) mass is 527 g/mol. The number of sulfonamides is 1. The molecule has 2 heterocycles. The van der Waals surface area contributed by atoms with E-state index in [2.05, 4.69) is 15.5 Å².